The van der Waals surface area contributed by atoms with Gasteiger partial charge in [0.15, 0.2) is 0 Å². The molecule has 3 heteroatoms. The zero-order valence-corrected chi connectivity index (χ0v) is 28.3. The van der Waals surface area contributed by atoms with E-state index in [-0.39, 0.29) is 0 Å². The number of hydrogen-bond donors (Lipinski definition) is 0. The molecule has 0 atom stereocenters. The van der Waals surface area contributed by atoms with Crippen molar-refractivity contribution >= 4 is 60.7 Å². The predicted molar refractivity (Wildman–Crippen MR) is 218 cm³/mol. The fourth-order valence-electron chi connectivity index (χ4n) is 7.56. The largest absolute Gasteiger partial charge is 0.455 e. The quantitative estimate of drug-likeness (QED) is 0.177. The molecule has 0 aliphatic rings. The summed E-state index contributed by atoms with van der Waals surface area (Å²) >= 11 is 0. The van der Waals surface area contributed by atoms with Gasteiger partial charge < -0.3 is 9.32 Å². The molecule has 244 valence electrons. The maximum Gasteiger partial charge on any atom is 0.144 e. The van der Waals surface area contributed by atoms with Gasteiger partial charge in [0, 0.05) is 45.5 Å². The number of benzene rings is 8. The van der Waals surface area contributed by atoms with Gasteiger partial charge in [-0.2, -0.15) is 0 Å². The Bertz CT molecular complexity index is 2900. The van der Waals surface area contributed by atoms with E-state index in [1.807, 2.05) is 12.3 Å². The third-order valence-electron chi connectivity index (χ3n) is 10.1. The molecule has 2 aromatic heterocycles. The Balaban J connectivity index is 1.13. The zero-order chi connectivity index (χ0) is 34.4. The molecule has 0 unspecified atom stereocenters. The Morgan fingerprint density at radius 2 is 1.00 bits per heavy atom. The van der Waals surface area contributed by atoms with Crippen LogP contribution in [0.5, 0.6) is 0 Å². The Labute approximate surface area is 301 Å². The van der Waals surface area contributed by atoms with Gasteiger partial charge in [-0.05, 0) is 105 Å². The molecule has 0 saturated heterocycles. The lowest BCUT2D eigenvalue weighted by Gasteiger charge is -2.26. The molecule has 8 aromatic carbocycles. The molecule has 0 saturated carbocycles. The number of furan rings is 1. The highest BCUT2D eigenvalue weighted by Crippen LogP contribution is 2.42. The molecule has 0 fully saturated rings. The summed E-state index contributed by atoms with van der Waals surface area (Å²) in [5.41, 5.74) is 12.9. The van der Waals surface area contributed by atoms with Crippen LogP contribution in [0.15, 0.2) is 199 Å². The minimum atomic E-state index is 0.840. The van der Waals surface area contributed by atoms with Crippen LogP contribution < -0.4 is 4.90 Å². The van der Waals surface area contributed by atoms with Crippen LogP contribution >= 0.6 is 0 Å². The van der Waals surface area contributed by atoms with Gasteiger partial charge in [0.1, 0.15) is 11.2 Å². The van der Waals surface area contributed by atoms with Crippen molar-refractivity contribution in [2.75, 3.05) is 4.90 Å². The molecule has 10 rings (SSSR count). The van der Waals surface area contributed by atoms with E-state index in [9.17, 15) is 0 Å². The summed E-state index contributed by atoms with van der Waals surface area (Å²) in [6.07, 6.45) is 1.82. The van der Waals surface area contributed by atoms with Crippen LogP contribution in [0.4, 0.5) is 17.1 Å². The summed E-state index contributed by atoms with van der Waals surface area (Å²) in [6.45, 7) is 0. The summed E-state index contributed by atoms with van der Waals surface area (Å²) in [4.78, 5) is 6.90. The lowest BCUT2D eigenvalue weighted by molar-refractivity contribution is 0.672. The maximum absolute atomic E-state index is 6.64. The summed E-state index contributed by atoms with van der Waals surface area (Å²) in [6, 6.07) is 66.9. The van der Waals surface area contributed by atoms with E-state index < -0.39 is 0 Å². The standard InChI is InChI=1S/C49H32N2O/c1-2-10-33(11-3-1)34-21-23-35(24-22-34)37-14-6-16-39(30-37)51(40-17-7-15-38(31-40)43-19-8-13-36-12-4-5-18-42(36)43)41-25-26-44-45-27-28-47-46(20-9-29-50-47)49(45)52-48(44)32-41/h1-32H. The van der Waals surface area contributed by atoms with Gasteiger partial charge >= 0.3 is 0 Å². The van der Waals surface area contributed by atoms with Crippen molar-refractivity contribution < 1.29 is 4.42 Å². The number of pyridine rings is 1. The Hall–Kier alpha value is -6.97. The van der Waals surface area contributed by atoms with Crippen molar-refractivity contribution in [3.8, 4) is 33.4 Å². The molecule has 10 aromatic rings. The number of nitrogens with zero attached hydrogens (tertiary/aromatic N) is 2. The van der Waals surface area contributed by atoms with Crippen LogP contribution in [0.25, 0.3) is 77.0 Å². The number of aromatic nitrogens is 1. The first kappa shape index (κ1) is 29.9. The molecule has 0 amide bonds. The van der Waals surface area contributed by atoms with Crippen molar-refractivity contribution in [3.05, 3.63) is 194 Å². The molecular formula is C49H32N2O. The fourth-order valence-corrected chi connectivity index (χ4v) is 7.56. The fraction of sp³-hybridized carbons (Fsp3) is 0. The Kier molecular flexibility index (Phi) is 7.14. The first-order valence-electron chi connectivity index (χ1n) is 17.6. The van der Waals surface area contributed by atoms with Gasteiger partial charge in [-0.1, -0.05) is 121 Å². The molecular weight excluding hydrogens is 633 g/mol. The second-order valence-corrected chi connectivity index (χ2v) is 13.2. The van der Waals surface area contributed by atoms with Crippen molar-refractivity contribution in [2.24, 2.45) is 0 Å². The van der Waals surface area contributed by atoms with Gasteiger partial charge in [0.2, 0.25) is 0 Å². The third-order valence-corrected chi connectivity index (χ3v) is 10.1. The van der Waals surface area contributed by atoms with E-state index in [1.54, 1.807) is 0 Å². The van der Waals surface area contributed by atoms with Crippen LogP contribution in [0.3, 0.4) is 0 Å². The van der Waals surface area contributed by atoms with E-state index in [2.05, 4.69) is 192 Å². The van der Waals surface area contributed by atoms with Crippen LogP contribution in [-0.2, 0) is 0 Å². The smallest absolute Gasteiger partial charge is 0.144 e. The molecule has 0 spiro atoms. The lowest BCUT2D eigenvalue weighted by Crippen LogP contribution is -2.10. The molecule has 0 aliphatic heterocycles. The monoisotopic (exact) mass is 664 g/mol. The summed E-state index contributed by atoms with van der Waals surface area (Å²) in [5, 5.41) is 5.66. The van der Waals surface area contributed by atoms with Crippen molar-refractivity contribution in [3.63, 3.8) is 0 Å². The van der Waals surface area contributed by atoms with Crippen LogP contribution in [0.2, 0.25) is 0 Å². The van der Waals surface area contributed by atoms with Gasteiger partial charge in [-0.15, -0.1) is 0 Å². The number of hydrogen-bond acceptors (Lipinski definition) is 3. The highest BCUT2D eigenvalue weighted by molar-refractivity contribution is 6.14. The number of fused-ring (bicyclic) bond motifs is 6. The zero-order valence-electron chi connectivity index (χ0n) is 28.3. The van der Waals surface area contributed by atoms with E-state index >= 15 is 0 Å². The minimum absolute atomic E-state index is 0.840. The normalized spacial score (nSPS) is 11.5. The number of rotatable bonds is 6. The Morgan fingerprint density at radius 3 is 1.85 bits per heavy atom. The highest BCUT2D eigenvalue weighted by Gasteiger charge is 2.18. The van der Waals surface area contributed by atoms with E-state index in [0.29, 0.717) is 0 Å². The van der Waals surface area contributed by atoms with E-state index in [4.69, 9.17) is 4.42 Å². The Morgan fingerprint density at radius 1 is 0.385 bits per heavy atom. The van der Waals surface area contributed by atoms with Crippen molar-refractivity contribution in [2.45, 2.75) is 0 Å². The van der Waals surface area contributed by atoms with Gasteiger partial charge in [-0.3, -0.25) is 4.98 Å². The van der Waals surface area contributed by atoms with Gasteiger partial charge in [-0.25, -0.2) is 0 Å². The molecule has 0 radical (unpaired) electrons. The molecule has 3 nitrogen and oxygen atoms in total. The summed E-state index contributed by atoms with van der Waals surface area (Å²) in [5.74, 6) is 0. The minimum Gasteiger partial charge on any atom is -0.455 e. The average molecular weight is 665 g/mol. The second-order valence-electron chi connectivity index (χ2n) is 13.2. The van der Waals surface area contributed by atoms with Crippen LogP contribution in [0, 0.1) is 0 Å². The first-order chi connectivity index (χ1) is 25.8. The maximum atomic E-state index is 6.64. The third kappa shape index (κ3) is 5.19. The summed E-state index contributed by atoms with van der Waals surface area (Å²) < 4.78 is 6.64. The molecule has 0 aliphatic carbocycles. The molecule has 0 N–H and O–H groups in total. The van der Waals surface area contributed by atoms with Crippen LogP contribution in [0.1, 0.15) is 0 Å². The number of anilines is 3. The molecule has 2 heterocycles. The first-order valence-corrected chi connectivity index (χ1v) is 17.6. The lowest BCUT2D eigenvalue weighted by atomic mass is 9.97. The van der Waals surface area contributed by atoms with E-state index in [1.165, 1.54) is 33.0 Å². The van der Waals surface area contributed by atoms with Crippen LogP contribution in [-0.4, -0.2) is 4.98 Å². The second kappa shape index (κ2) is 12.4. The SMILES string of the molecule is c1ccc(-c2ccc(-c3cccc(N(c4cccc(-c5cccc6ccccc56)c4)c4ccc5c(c4)oc4c6cccnc6ccc54)c3)cc2)cc1. The highest BCUT2D eigenvalue weighted by atomic mass is 16.3. The summed E-state index contributed by atoms with van der Waals surface area (Å²) in [7, 11) is 0. The van der Waals surface area contributed by atoms with Crippen molar-refractivity contribution in [1.82, 2.24) is 4.98 Å². The topological polar surface area (TPSA) is 29.3 Å². The van der Waals surface area contributed by atoms with Gasteiger partial charge in [0.05, 0.1) is 5.52 Å². The predicted octanol–water partition coefficient (Wildman–Crippen LogP) is 13.8. The molecule has 0 bridgehead atoms. The van der Waals surface area contributed by atoms with Crippen molar-refractivity contribution in [1.29, 1.82) is 0 Å². The van der Waals surface area contributed by atoms with E-state index in [0.717, 1.165) is 61.0 Å². The average Bonchev–Trinajstić information content (AvgIpc) is 3.60. The van der Waals surface area contributed by atoms with Gasteiger partial charge in [0.25, 0.3) is 0 Å². The molecule has 52 heavy (non-hydrogen) atoms.